The average Bonchev–Trinajstić information content (AvgIpc) is 2.82. The van der Waals surface area contributed by atoms with Gasteiger partial charge in [-0.15, -0.1) is 0 Å². The van der Waals surface area contributed by atoms with Crippen LogP contribution in [-0.4, -0.2) is 52.4 Å². The molecule has 0 aromatic carbocycles. The van der Waals surface area contributed by atoms with Crippen LogP contribution in [-0.2, 0) is 23.1 Å². The summed E-state index contributed by atoms with van der Waals surface area (Å²) < 4.78 is 1.95. The molecule has 5 heteroatoms. The molecule has 2 rings (SSSR count). The number of aryl methyl sites for hydroxylation is 1. The molecule has 0 saturated carbocycles. The summed E-state index contributed by atoms with van der Waals surface area (Å²) in [5.74, 6) is 0.307. The lowest BCUT2D eigenvalue weighted by Crippen LogP contribution is -2.53. The van der Waals surface area contributed by atoms with E-state index < -0.39 is 0 Å². The molecule has 21 heavy (non-hydrogen) atoms. The maximum Gasteiger partial charge on any atom is 0.228 e. The molecule has 2 heterocycles. The lowest BCUT2D eigenvalue weighted by molar-refractivity contribution is -0.144. The molecule has 0 spiro atoms. The highest BCUT2D eigenvalue weighted by Gasteiger charge is 2.30. The van der Waals surface area contributed by atoms with E-state index in [2.05, 4.69) is 0 Å². The topological polar surface area (TPSA) is 45.6 Å². The van der Waals surface area contributed by atoms with E-state index in [0.29, 0.717) is 32.6 Å². The van der Waals surface area contributed by atoms with E-state index in [4.69, 9.17) is 0 Å². The number of nitrogens with zero attached hydrogens (tertiary/aromatic N) is 3. The van der Waals surface area contributed by atoms with Gasteiger partial charge in [0.2, 0.25) is 11.8 Å². The van der Waals surface area contributed by atoms with Crippen LogP contribution in [0, 0.1) is 5.41 Å². The van der Waals surface area contributed by atoms with Crippen LogP contribution in [0.5, 0.6) is 0 Å². The minimum Gasteiger partial charge on any atom is -0.357 e. The van der Waals surface area contributed by atoms with Crippen molar-refractivity contribution in [1.29, 1.82) is 0 Å². The lowest BCUT2D eigenvalue weighted by atomic mass is 9.94. The highest BCUT2D eigenvalue weighted by Crippen LogP contribution is 2.18. The summed E-state index contributed by atoms with van der Waals surface area (Å²) in [6.07, 6.45) is 4.36. The van der Waals surface area contributed by atoms with Crippen molar-refractivity contribution < 1.29 is 9.59 Å². The number of carbonyl (C=O) groups is 2. The molecule has 1 fully saturated rings. The summed E-state index contributed by atoms with van der Waals surface area (Å²) in [4.78, 5) is 28.2. The number of carbonyl (C=O) groups excluding carboxylic acids is 2. The molecule has 1 aliphatic rings. The molecule has 0 aliphatic carbocycles. The molecule has 1 aromatic heterocycles. The fourth-order valence-corrected chi connectivity index (χ4v) is 2.59. The first-order chi connectivity index (χ1) is 9.77. The van der Waals surface area contributed by atoms with Gasteiger partial charge in [0.25, 0.3) is 0 Å². The average molecular weight is 291 g/mol. The summed E-state index contributed by atoms with van der Waals surface area (Å²) in [5, 5.41) is 0. The summed E-state index contributed by atoms with van der Waals surface area (Å²) in [6, 6.07) is 1.97. The van der Waals surface area contributed by atoms with Crippen molar-refractivity contribution in [1.82, 2.24) is 14.4 Å². The largest absolute Gasteiger partial charge is 0.357 e. The maximum absolute atomic E-state index is 12.3. The molecule has 1 aliphatic heterocycles. The molecule has 0 radical (unpaired) electrons. The Morgan fingerprint density at radius 3 is 2.14 bits per heavy atom. The van der Waals surface area contributed by atoms with Crippen LogP contribution in [0.1, 0.15) is 26.3 Å². The van der Waals surface area contributed by atoms with Gasteiger partial charge >= 0.3 is 0 Å². The fourth-order valence-electron chi connectivity index (χ4n) is 2.59. The van der Waals surface area contributed by atoms with Gasteiger partial charge in [-0.1, -0.05) is 20.8 Å². The van der Waals surface area contributed by atoms with E-state index in [9.17, 15) is 9.59 Å². The van der Waals surface area contributed by atoms with Crippen molar-refractivity contribution in [2.75, 3.05) is 26.2 Å². The zero-order valence-corrected chi connectivity index (χ0v) is 13.4. The molecule has 116 valence electrons. The van der Waals surface area contributed by atoms with E-state index in [1.165, 1.54) is 0 Å². The zero-order valence-electron chi connectivity index (χ0n) is 13.4. The van der Waals surface area contributed by atoms with Gasteiger partial charge in [-0.25, -0.2) is 0 Å². The van der Waals surface area contributed by atoms with Gasteiger partial charge in [0, 0.05) is 51.0 Å². The first-order valence-electron chi connectivity index (χ1n) is 7.45. The molecule has 0 N–H and O–H groups in total. The Labute approximate surface area is 126 Å². The van der Waals surface area contributed by atoms with Gasteiger partial charge in [-0.3, -0.25) is 9.59 Å². The maximum atomic E-state index is 12.3. The van der Waals surface area contributed by atoms with E-state index >= 15 is 0 Å². The van der Waals surface area contributed by atoms with Crippen molar-refractivity contribution in [3.63, 3.8) is 0 Å². The summed E-state index contributed by atoms with van der Waals surface area (Å²) in [5.41, 5.74) is 0.687. The second-order valence-corrected chi connectivity index (χ2v) is 6.78. The van der Waals surface area contributed by atoms with Crippen molar-refractivity contribution >= 4 is 11.8 Å². The van der Waals surface area contributed by atoms with Gasteiger partial charge < -0.3 is 14.4 Å². The molecular weight excluding hydrogens is 266 g/mol. The molecule has 2 amide bonds. The second kappa shape index (κ2) is 5.92. The SMILES string of the molecule is Cn1ccc(CC(=O)N2CCN(C(=O)C(C)(C)C)CC2)c1. The van der Waals surface area contributed by atoms with Gasteiger partial charge in [0.1, 0.15) is 0 Å². The van der Waals surface area contributed by atoms with Gasteiger partial charge in [0.05, 0.1) is 6.42 Å². The molecule has 0 unspecified atom stereocenters. The normalized spacial score (nSPS) is 16.2. The van der Waals surface area contributed by atoms with Gasteiger partial charge in [0.15, 0.2) is 0 Å². The summed E-state index contributed by atoms with van der Waals surface area (Å²) >= 11 is 0. The molecule has 0 bridgehead atoms. The van der Waals surface area contributed by atoms with Crippen LogP contribution in [0.4, 0.5) is 0 Å². The van der Waals surface area contributed by atoms with Gasteiger partial charge in [-0.2, -0.15) is 0 Å². The van der Waals surface area contributed by atoms with Crippen LogP contribution in [0.15, 0.2) is 18.5 Å². The standard InChI is InChI=1S/C16H25N3O2/c1-16(2,3)15(21)19-9-7-18(8-10-19)14(20)11-13-5-6-17(4)12-13/h5-6,12H,7-11H2,1-4H3. The van der Waals surface area contributed by atoms with Crippen molar-refractivity contribution in [3.05, 3.63) is 24.0 Å². The Hall–Kier alpha value is -1.78. The highest BCUT2D eigenvalue weighted by molar-refractivity contribution is 5.82. The fraction of sp³-hybridized carbons (Fsp3) is 0.625. The van der Waals surface area contributed by atoms with E-state index in [0.717, 1.165) is 5.56 Å². The van der Waals surface area contributed by atoms with Crippen LogP contribution in [0.25, 0.3) is 0 Å². The number of rotatable bonds is 2. The third-order valence-electron chi connectivity index (χ3n) is 3.81. The minimum absolute atomic E-state index is 0.143. The smallest absolute Gasteiger partial charge is 0.228 e. The van der Waals surface area contributed by atoms with Crippen molar-refractivity contribution in [2.24, 2.45) is 12.5 Å². The molecule has 5 nitrogen and oxygen atoms in total. The number of hydrogen-bond donors (Lipinski definition) is 0. The highest BCUT2D eigenvalue weighted by atomic mass is 16.2. The second-order valence-electron chi connectivity index (χ2n) is 6.78. The van der Waals surface area contributed by atoms with E-state index in [-0.39, 0.29) is 17.2 Å². The van der Waals surface area contributed by atoms with Crippen LogP contribution >= 0.6 is 0 Å². The van der Waals surface area contributed by atoms with Crippen LogP contribution in [0.3, 0.4) is 0 Å². The van der Waals surface area contributed by atoms with Gasteiger partial charge in [-0.05, 0) is 11.6 Å². The van der Waals surface area contributed by atoms with Crippen LogP contribution < -0.4 is 0 Å². The number of piperazine rings is 1. The third kappa shape index (κ3) is 3.86. The zero-order chi connectivity index (χ0) is 15.6. The predicted molar refractivity (Wildman–Crippen MR) is 81.7 cm³/mol. The molecule has 1 aromatic rings. The Morgan fingerprint density at radius 2 is 1.67 bits per heavy atom. The molecule has 1 saturated heterocycles. The summed E-state index contributed by atoms with van der Waals surface area (Å²) in [7, 11) is 1.95. The Kier molecular flexibility index (Phi) is 4.40. The van der Waals surface area contributed by atoms with E-state index in [1.807, 2.05) is 60.6 Å². The van der Waals surface area contributed by atoms with Crippen molar-refractivity contribution in [3.8, 4) is 0 Å². The van der Waals surface area contributed by atoms with Crippen molar-refractivity contribution in [2.45, 2.75) is 27.2 Å². The number of hydrogen-bond acceptors (Lipinski definition) is 2. The first-order valence-corrected chi connectivity index (χ1v) is 7.45. The minimum atomic E-state index is -0.351. The Morgan fingerprint density at radius 1 is 1.10 bits per heavy atom. The monoisotopic (exact) mass is 291 g/mol. The Balaban J connectivity index is 1.86. The van der Waals surface area contributed by atoms with E-state index in [1.54, 1.807) is 0 Å². The Bertz CT molecular complexity index is 520. The third-order valence-corrected chi connectivity index (χ3v) is 3.81. The summed E-state index contributed by atoms with van der Waals surface area (Å²) in [6.45, 7) is 8.33. The molecular formula is C16H25N3O2. The number of amides is 2. The lowest BCUT2D eigenvalue weighted by Gasteiger charge is -2.37. The first kappa shape index (κ1) is 15.6. The predicted octanol–water partition coefficient (Wildman–Crippen LogP) is 1.28. The number of aromatic nitrogens is 1. The quantitative estimate of drug-likeness (QED) is 0.824. The molecule has 0 atom stereocenters. The van der Waals surface area contributed by atoms with Crippen LogP contribution in [0.2, 0.25) is 0 Å².